The fraction of sp³-hybridized carbons (Fsp3) is 0.472. The summed E-state index contributed by atoms with van der Waals surface area (Å²) in [4.78, 5) is 58.5. The van der Waals surface area contributed by atoms with Gasteiger partial charge in [-0.1, -0.05) is 121 Å². The summed E-state index contributed by atoms with van der Waals surface area (Å²) in [7, 11) is 0. The topological polar surface area (TPSA) is 123 Å². The van der Waals surface area contributed by atoms with Crippen LogP contribution < -0.4 is 21.3 Å². The molecule has 4 N–H and O–H groups in total. The van der Waals surface area contributed by atoms with Crippen LogP contribution in [0.3, 0.4) is 0 Å². The van der Waals surface area contributed by atoms with E-state index < -0.39 is 11.1 Å². The molecule has 2 unspecified atom stereocenters. The van der Waals surface area contributed by atoms with Gasteiger partial charge >= 0.3 is 0 Å². The summed E-state index contributed by atoms with van der Waals surface area (Å²) in [6, 6.07) is 26.9. The van der Waals surface area contributed by atoms with E-state index >= 15 is 0 Å². The first kappa shape index (κ1) is 49.3. The summed E-state index contributed by atoms with van der Waals surface area (Å²) < 4.78 is 0. The molecule has 3 aliphatic carbocycles. The maximum absolute atomic E-state index is 13.9. The number of fused-ring (bicyclic) bond motifs is 2. The molecule has 9 rings (SSSR count). The fourth-order valence-corrected chi connectivity index (χ4v) is 11.6. The fourth-order valence-electron chi connectivity index (χ4n) is 10.9. The zero-order valence-electron chi connectivity index (χ0n) is 38.7. The molecule has 2 heterocycles. The smallest absolute Gasteiger partial charge is 0.249 e. The highest BCUT2D eigenvalue weighted by molar-refractivity contribution is 6.32. The van der Waals surface area contributed by atoms with E-state index in [0.717, 1.165) is 92.1 Å². The van der Waals surface area contributed by atoms with Crippen molar-refractivity contribution in [3.8, 4) is 0 Å². The summed E-state index contributed by atoms with van der Waals surface area (Å²) in [6.45, 7) is 6.24. The monoisotopic (exact) mass is 986 g/mol. The van der Waals surface area contributed by atoms with Gasteiger partial charge < -0.3 is 21.3 Å². The van der Waals surface area contributed by atoms with Crippen LogP contribution in [0.1, 0.15) is 120 Å². The summed E-state index contributed by atoms with van der Waals surface area (Å²) in [5, 5.41) is 14.8. The van der Waals surface area contributed by atoms with Crippen molar-refractivity contribution in [2.75, 3.05) is 23.7 Å². The highest BCUT2D eigenvalue weighted by Gasteiger charge is 2.55. The molecule has 4 aromatic rings. The van der Waals surface area contributed by atoms with Crippen LogP contribution in [0.5, 0.6) is 0 Å². The Kier molecular flexibility index (Phi) is 15.3. The van der Waals surface area contributed by atoms with E-state index in [1.165, 1.54) is 12.8 Å². The first-order chi connectivity index (χ1) is 32.0. The second-order valence-corrected chi connectivity index (χ2v) is 21.8. The molecule has 0 radical (unpaired) electrons. The van der Waals surface area contributed by atoms with Gasteiger partial charge in [0.2, 0.25) is 23.6 Å². The lowest BCUT2D eigenvalue weighted by Gasteiger charge is -2.46. The quantitative estimate of drug-likeness (QED) is 0.106. The third-order valence-electron chi connectivity index (χ3n) is 13.9. The Hall–Kier alpha value is -4.16. The molecule has 67 heavy (non-hydrogen) atoms. The van der Waals surface area contributed by atoms with Crippen molar-refractivity contribution in [1.29, 1.82) is 0 Å². The second-order valence-electron chi connectivity index (χ2n) is 20.1. The normalized spacial score (nSPS) is 21.8. The van der Waals surface area contributed by atoms with E-state index in [9.17, 15) is 19.2 Å². The standard InChI is InChI=1S/C27H33Cl2N3O2.C26H29Cl2N3O2/c1-26(2,3)31-24(33)17-32(21-10-5-4-6-11-21)27(16-18-8-7-9-19(28)14-18)22-13-12-20(29)15-23(22)30-25(27)34;27-18-6-4-5-17(13-18)15-26(22-12-9-19(28)14-23(22)30-25(26)33)31(21-7-2-1-3-8-21)16-24(32)29-20-10-11-20/h7-9,12-15,21H,4-6,10-11,16-17H2,1-3H3,(H,30,34)(H,31,33);4-6,9,12-14,20-21H,1-3,7-8,10-11,15-16H2,(H,29,32)(H,30,33). The maximum Gasteiger partial charge on any atom is 0.249 e. The first-order valence-electron chi connectivity index (χ1n) is 23.9. The lowest BCUT2D eigenvalue weighted by Crippen LogP contribution is -2.60. The third-order valence-corrected chi connectivity index (χ3v) is 14.8. The van der Waals surface area contributed by atoms with E-state index in [0.29, 0.717) is 38.6 Å². The largest absolute Gasteiger partial charge is 0.352 e. The van der Waals surface area contributed by atoms with Gasteiger partial charge in [0.25, 0.3) is 0 Å². The number of nitrogens with zero attached hydrogens (tertiary/aromatic N) is 2. The molecular formula is C53H62Cl4N6O4. The average molecular weight is 989 g/mol. The van der Waals surface area contributed by atoms with Gasteiger partial charge in [0.05, 0.1) is 13.1 Å². The molecule has 2 atom stereocenters. The van der Waals surface area contributed by atoms with Crippen LogP contribution in [0, 0.1) is 0 Å². The Bertz CT molecular complexity index is 2480. The number of carbonyl (C=O) groups excluding carboxylic acids is 4. The predicted molar refractivity (Wildman–Crippen MR) is 270 cm³/mol. The number of hydrogen-bond donors (Lipinski definition) is 4. The maximum atomic E-state index is 13.9. The Labute approximate surface area is 415 Å². The van der Waals surface area contributed by atoms with Crippen molar-refractivity contribution in [2.24, 2.45) is 0 Å². The average Bonchev–Trinajstić information content (AvgIpc) is 4.00. The number of benzene rings is 4. The number of carbonyl (C=O) groups is 4. The second kappa shape index (κ2) is 20.8. The molecular weight excluding hydrogens is 926 g/mol. The molecule has 14 heteroatoms. The Balaban J connectivity index is 0.000000182. The molecule has 3 saturated carbocycles. The molecule has 4 aromatic carbocycles. The molecule has 3 fully saturated rings. The van der Waals surface area contributed by atoms with Crippen molar-refractivity contribution < 1.29 is 19.2 Å². The molecule has 0 spiro atoms. The molecule has 2 aliphatic heterocycles. The molecule has 5 aliphatic rings. The summed E-state index contributed by atoms with van der Waals surface area (Å²) >= 11 is 25.2. The molecule has 0 aromatic heterocycles. The van der Waals surface area contributed by atoms with Gasteiger partial charge in [-0.05, 0) is 119 Å². The zero-order valence-corrected chi connectivity index (χ0v) is 41.7. The van der Waals surface area contributed by atoms with Crippen molar-refractivity contribution >= 4 is 81.4 Å². The van der Waals surface area contributed by atoms with Crippen molar-refractivity contribution in [1.82, 2.24) is 20.4 Å². The van der Waals surface area contributed by atoms with Crippen LogP contribution in [0.25, 0.3) is 0 Å². The molecule has 0 saturated heterocycles. The highest BCUT2D eigenvalue weighted by Crippen LogP contribution is 2.48. The minimum absolute atomic E-state index is 0.0104. The van der Waals surface area contributed by atoms with Gasteiger partial charge in [0, 0.05) is 79.1 Å². The highest BCUT2D eigenvalue weighted by atomic mass is 35.5. The van der Waals surface area contributed by atoms with E-state index in [1.807, 2.05) is 93.6 Å². The molecule has 356 valence electrons. The number of anilines is 2. The summed E-state index contributed by atoms with van der Waals surface area (Å²) in [5.41, 5.74) is 2.66. The number of halogens is 4. The lowest BCUT2D eigenvalue weighted by molar-refractivity contribution is -0.136. The van der Waals surface area contributed by atoms with Crippen LogP contribution in [0.2, 0.25) is 20.1 Å². The van der Waals surface area contributed by atoms with Crippen LogP contribution in [0.4, 0.5) is 11.4 Å². The molecule has 10 nitrogen and oxygen atoms in total. The zero-order chi connectivity index (χ0) is 47.5. The third kappa shape index (κ3) is 11.3. The van der Waals surface area contributed by atoms with Crippen molar-refractivity contribution in [3.63, 3.8) is 0 Å². The van der Waals surface area contributed by atoms with Gasteiger partial charge in [-0.25, -0.2) is 0 Å². The van der Waals surface area contributed by atoms with E-state index in [2.05, 4.69) is 31.1 Å². The number of nitrogens with one attached hydrogen (secondary N) is 4. The van der Waals surface area contributed by atoms with Gasteiger partial charge in [-0.15, -0.1) is 0 Å². The summed E-state index contributed by atoms with van der Waals surface area (Å²) in [5.74, 6) is -0.328. The minimum Gasteiger partial charge on any atom is -0.352 e. The predicted octanol–water partition coefficient (Wildman–Crippen LogP) is 11.2. The number of hydrogen-bond acceptors (Lipinski definition) is 6. The van der Waals surface area contributed by atoms with Crippen LogP contribution in [-0.4, -0.2) is 70.2 Å². The molecule has 4 amide bonds. The lowest BCUT2D eigenvalue weighted by atomic mass is 9.80. The van der Waals surface area contributed by atoms with E-state index in [4.69, 9.17) is 46.4 Å². The summed E-state index contributed by atoms with van der Waals surface area (Å²) in [6.07, 6.45) is 13.5. The Morgan fingerprint density at radius 2 is 1.00 bits per heavy atom. The number of rotatable bonds is 13. The first-order valence-corrected chi connectivity index (χ1v) is 25.4. The van der Waals surface area contributed by atoms with Crippen molar-refractivity contribution in [2.45, 2.75) is 145 Å². The Morgan fingerprint density at radius 3 is 1.40 bits per heavy atom. The number of amides is 4. The van der Waals surface area contributed by atoms with E-state index in [-0.39, 0.29) is 60.4 Å². The van der Waals surface area contributed by atoms with E-state index in [1.54, 1.807) is 12.1 Å². The van der Waals surface area contributed by atoms with Gasteiger partial charge in [0.1, 0.15) is 11.1 Å². The van der Waals surface area contributed by atoms with Crippen LogP contribution in [-0.2, 0) is 43.1 Å². The minimum atomic E-state index is -1.04. The van der Waals surface area contributed by atoms with Gasteiger partial charge in [0.15, 0.2) is 0 Å². The van der Waals surface area contributed by atoms with Crippen LogP contribution in [0.15, 0.2) is 84.9 Å². The van der Waals surface area contributed by atoms with Gasteiger partial charge in [-0.3, -0.25) is 29.0 Å². The van der Waals surface area contributed by atoms with Gasteiger partial charge in [-0.2, -0.15) is 0 Å². The molecule has 0 bridgehead atoms. The SMILES string of the molecule is CC(C)(C)NC(=O)CN(C1CCCCC1)C1(Cc2cccc(Cl)c2)C(=O)Nc2cc(Cl)ccc21.O=C(CN(C1CCCCC1)C1(Cc2cccc(Cl)c2)C(=O)Nc2cc(Cl)ccc21)NC1CC1. The van der Waals surface area contributed by atoms with Crippen LogP contribution >= 0.6 is 46.4 Å². The van der Waals surface area contributed by atoms with Crippen molar-refractivity contribution in [3.05, 3.63) is 127 Å². The Morgan fingerprint density at radius 1 is 0.582 bits per heavy atom.